The molecule has 0 amide bonds. The van der Waals surface area contributed by atoms with Gasteiger partial charge in [0.1, 0.15) is 17.9 Å². The number of carbonyl (C=O) groups is 1. The molecule has 2 aromatic rings. The van der Waals surface area contributed by atoms with E-state index in [2.05, 4.69) is 5.73 Å². The molecule has 0 aliphatic carbocycles. The van der Waals surface area contributed by atoms with Gasteiger partial charge in [-0.2, -0.15) is 0 Å². The van der Waals surface area contributed by atoms with Gasteiger partial charge in [0.25, 0.3) is 0 Å². The van der Waals surface area contributed by atoms with Crippen molar-refractivity contribution in [1.29, 1.82) is 0 Å². The highest BCUT2D eigenvalue weighted by Crippen LogP contribution is 2.27. The van der Waals surface area contributed by atoms with Crippen molar-refractivity contribution in [3.8, 4) is 11.3 Å². The molecule has 4 heteroatoms. The summed E-state index contributed by atoms with van der Waals surface area (Å²) in [5.41, 5.74) is 5.08. The Kier molecular flexibility index (Phi) is 3.79. The summed E-state index contributed by atoms with van der Waals surface area (Å²) in [5, 5.41) is 0. The lowest BCUT2D eigenvalue weighted by Crippen LogP contribution is -2.47. The first kappa shape index (κ1) is 12.4. The number of esters is 1. The Morgan fingerprint density at radius 2 is 2.06 bits per heavy atom. The normalized spacial score (nSPS) is 10.3. The van der Waals surface area contributed by atoms with Crippen molar-refractivity contribution in [2.24, 2.45) is 0 Å². The molecule has 0 fully saturated rings. The maximum absolute atomic E-state index is 11.9. The SMILES string of the molecule is CCOC(=O)c1cc(C[NH3+])oc1-c1ccccc1. The molecule has 0 unspecified atom stereocenters. The summed E-state index contributed by atoms with van der Waals surface area (Å²) in [5.74, 6) is 0.865. The molecule has 0 bridgehead atoms. The molecule has 18 heavy (non-hydrogen) atoms. The first-order chi connectivity index (χ1) is 8.76. The number of hydrogen-bond donors (Lipinski definition) is 1. The van der Waals surface area contributed by atoms with Gasteiger partial charge in [-0.25, -0.2) is 4.79 Å². The Hall–Kier alpha value is -2.07. The van der Waals surface area contributed by atoms with Crippen LogP contribution >= 0.6 is 0 Å². The van der Waals surface area contributed by atoms with Crippen molar-refractivity contribution in [3.63, 3.8) is 0 Å². The van der Waals surface area contributed by atoms with Crippen LogP contribution in [-0.2, 0) is 11.3 Å². The fraction of sp³-hybridized carbons (Fsp3) is 0.214. The molecule has 1 aromatic heterocycles. The van der Waals surface area contributed by atoms with Crippen LogP contribution in [0.25, 0.3) is 11.3 Å². The quantitative estimate of drug-likeness (QED) is 0.837. The number of benzene rings is 1. The molecular formula is C14H16NO3+. The molecule has 0 radical (unpaired) electrons. The zero-order valence-corrected chi connectivity index (χ0v) is 10.3. The van der Waals surface area contributed by atoms with E-state index in [1.54, 1.807) is 13.0 Å². The second kappa shape index (κ2) is 5.51. The molecule has 94 valence electrons. The van der Waals surface area contributed by atoms with Crippen LogP contribution in [0.2, 0.25) is 0 Å². The van der Waals surface area contributed by atoms with E-state index in [0.717, 1.165) is 5.56 Å². The molecule has 0 spiro atoms. The number of quaternary nitrogens is 1. The number of furan rings is 1. The lowest BCUT2D eigenvalue weighted by atomic mass is 10.1. The van der Waals surface area contributed by atoms with E-state index in [1.165, 1.54) is 0 Å². The maximum Gasteiger partial charge on any atom is 0.342 e. The van der Waals surface area contributed by atoms with E-state index in [1.807, 2.05) is 30.3 Å². The van der Waals surface area contributed by atoms with Crippen LogP contribution in [0, 0.1) is 0 Å². The summed E-state index contributed by atoms with van der Waals surface area (Å²) >= 11 is 0. The van der Waals surface area contributed by atoms with Gasteiger partial charge in [0.15, 0.2) is 5.76 Å². The Balaban J connectivity index is 2.45. The topological polar surface area (TPSA) is 67.1 Å². The molecule has 0 atom stereocenters. The van der Waals surface area contributed by atoms with Crippen LogP contribution < -0.4 is 5.73 Å². The number of hydrogen-bond acceptors (Lipinski definition) is 3. The fourth-order valence-corrected chi connectivity index (χ4v) is 1.73. The minimum Gasteiger partial charge on any atom is -0.462 e. The van der Waals surface area contributed by atoms with Crippen molar-refractivity contribution < 1.29 is 19.7 Å². The van der Waals surface area contributed by atoms with Crippen molar-refractivity contribution >= 4 is 5.97 Å². The summed E-state index contributed by atoms with van der Waals surface area (Å²) in [6, 6.07) is 11.2. The van der Waals surface area contributed by atoms with Crippen LogP contribution in [0.4, 0.5) is 0 Å². The molecule has 1 heterocycles. The van der Waals surface area contributed by atoms with Gasteiger partial charge in [-0.1, -0.05) is 30.3 Å². The van der Waals surface area contributed by atoms with Crippen molar-refractivity contribution in [2.75, 3.05) is 6.61 Å². The van der Waals surface area contributed by atoms with Gasteiger partial charge < -0.3 is 14.9 Å². The molecular weight excluding hydrogens is 230 g/mol. The fourth-order valence-electron chi connectivity index (χ4n) is 1.73. The number of rotatable bonds is 4. The van der Waals surface area contributed by atoms with E-state index < -0.39 is 0 Å². The van der Waals surface area contributed by atoms with Crippen LogP contribution in [0.3, 0.4) is 0 Å². The molecule has 4 nitrogen and oxygen atoms in total. The van der Waals surface area contributed by atoms with E-state index in [-0.39, 0.29) is 5.97 Å². The van der Waals surface area contributed by atoms with Crippen molar-refractivity contribution in [1.82, 2.24) is 0 Å². The van der Waals surface area contributed by atoms with Gasteiger partial charge in [0.2, 0.25) is 0 Å². The van der Waals surface area contributed by atoms with E-state index in [0.29, 0.717) is 30.2 Å². The summed E-state index contributed by atoms with van der Waals surface area (Å²) in [6.07, 6.45) is 0. The zero-order valence-electron chi connectivity index (χ0n) is 10.3. The van der Waals surface area contributed by atoms with Gasteiger partial charge in [0, 0.05) is 11.6 Å². The summed E-state index contributed by atoms with van der Waals surface area (Å²) in [7, 11) is 0. The highest BCUT2D eigenvalue weighted by Gasteiger charge is 2.20. The van der Waals surface area contributed by atoms with Crippen molar-refractivity contribution in [2.45, 2.75) is 13.5 Å². The van der Waals surface area contributed by atoms with Gasteiger partial charge in [-0.3, -0.25) is 0 Å². The van der Waals surface area contributed by atoms with E-state index >= 15 is 0 Å². The number of carbonyl (C=O) groups excluding carboxylic acids is 1. The standard InChI is InChI=1S/C14H15NO3/c1-2-17-14(16)12-8-11(9-15)18-13(12)10-6-4-3-5-7-10/h3-8H,2,9,15H2,1H3/p+1. The minimum atomic E-state index is -0.361. The minimum absolute atomic E-state index is 0.345. The third-order valence-electron chi connectivity index (χ3n) is 2.56. The highest BCUT2D eigenvalue weighted by molar-refractivity contribution is 5.96. The molecule has 0 aliphatic rings. The van der Waals surface area contributed by atoms with E-state index in [9.17, 15) is 4.79 Å². The lowest BCUT2D eigenvalue weighted by molar-refractivity contribution is -0.390. The Labute approximate surface area is 105 Å². The largest absolute Gasteiger partial charge is 0.462 e. The number of ether oxygens (including phenoxy) is 1. The summed E-state index contributed by atoms with van der Waals surface area (Å²) in [4.78, 5) is 11.9. The first-order valence-corrected chi connectivity index (χ1v) is 5.90. The Bertz CT molecular complexity index is 531. The summed E-state index contributed by atoms with van der Waals surface area (Å²) in [6.45, 7) is 2.62. The second-order valence-electron chi connectivity index (χ2n) is 3.79. The molecule has 0 aliphatic heterocycles. The predicted molar refractivity (Wildman–Crippen MR) is 66.7 cm³/mol. The Morgan fingerprint density at radius 3 is 2.67 bits per heavy atom. The van der Waals surface area contributed by atoms with Crippen LogP contribution in [0.1, 0.15) is 23.0 Å². The third-order valence-corrected chi connectivity index (χ3v) is 2.56. The van der Waals surface area contributed by atoms with Gasteiger partial charge in [0.05, 0.1) is 6.61 Å². The summed E-state index contributed by atoms with van der Waals surface area (Å²) < 4.78 is 10.7. The molecule has 1 aromatic carbocycles. The smallest absolute Gasteiger partial charge is 0.342 e. The third kappa shape index (κ3) is 2.43. The molecule has 0 saturated carbocycles. The lowest BCUT2D eigenvalue weighted by Gasteiger charge is -2.02. The highest BCUT2D eigenvalue weighted by atomic mass is 16.5. The zero-order chi connectivity index (χ0) is 13.0. The van der Waals surface area contributed by atoms with Gasteiger partial charge >= 0.3 is 5.97 Å². The van der Waals surface area contributed by atoms with Gasteiger partial charge in [-0.15, -0.1) is 0 Å². The average molecular weight is 246 g/mol. The van der Waals surface area contributed by atoms with Crippen LogP contribution in [-0.4, -0.2) is 12.6 Å². The van der Waals surface area contributed by atoms with Crippen LogP contribution in [0.5, 0.6) is 0 Å². The van der Waals surface area contributed by atoms with E-state index in [4.69, 9.17) is 9.15 Å². The molecule has 3 N–H and O–H groups in total. The molecule has 2 rings (SSSR count). The van der Waals surface area contributed by atoms with Gasteiger partial charge in [-0.05, 0) is 6.92 Å². The molecule has 0 saturated heterocycles. The van der Waals surface area contributed by atoms with Crippen molar-refractivity contribution in [3.05, 3.63) is 47.7 Å². The van der Waals surface area contributed by atoms with Crippen LogP contribution in [0.15, 0.2) is 40.8 Å². The predicted octanol–water partition coefficient (Wildman–Crippen LogP) is 1.87. The second-order valence-corrected chi connectivity index (χ2v) is 3.79. The maximum atomic E-state index is 11.9. The average Bonchev–Trinajstić information content (AvgIpc) is 2.84. The monoisotopic (exact) mass is 246 g/mol. The first-order valence-electron chi connectivity index (χ1n) is 5.90. The Morgan fingerprint density at radius 1 is 1.33 bits per heavy atom.